The summed E-state index contributed by atoms with van der Waals surface area (Å²) in [6.07, 6.45) is 4.99. The fraction of sp³-hybridized carbons (Fsp3) is 0.900. The van der Waals surface area contributed by atoms with Crippen LogP contribution in [0.25, 0.3) is 0 Å². The topological polar surface area (TPSA) is 92.7 Å². The molecule has 0 radical (unpaired) electrons. The second kappa shape index (κ2) is 6.80. The molecular formula is C10H19NO5S. The zero-order valence-electron chi connectivity index (χ0n) is 9.72. The molecule has 0 aromatic heterocycles. The SMILES string of the molecule is O=C(NC1CCCCC1)OCCCS(=O)(=O)O. The number of carbonyl (C=O) groups excluding carboxylic acids is 1. The Morgan fingerprint density at radius 3 is 2.53 bits per heavy atom. The molecule has 17 heavy (non-hydrogen) atoms. The number of rotatable bonds is 5. The van der Waals surface area contributed by atoms with Crippen molar-refractivity contribution in [3.63, 3.8) is 0 Å². The first-order valence-corrected chi connectivity index (χ1v) is 7.47. The van der Waals surface area contributed by atoms with Crippen molar-refractivity contribution in [1.82, 2.24) is 5.32 Å². The van der Waals surface area contributed by atoms with Crippen molar-refractivity contribution in [2.45, 2.75) is 44.6 Å². The van der Waals surface area contributed by atoms with E-state index in [9.17, 15) is 13.2 Å². The minimum absolute atomic E-state index is 0.00164. The van der Waals surface area contributed by atoms with Crippen molar-refractivity contribution in [3.05, 3.63) is 0 Å². The number of hydrogen-bond acceptors (Lipinski definition) is 4. The highest BCUT2D eigenvalue weighted by molar-refractivity contribution is 7.85. The highest BCUT2D eigenvalue weighted by Crippen LogP contribution is 2.17. The largest absolute Gasteiger partial charge is 0.450 e. The van der Waals surface area contributed by atoms with E-state index in [1.165, 1.54) is 6.42 Å². The fourth-order valence-electron chi connectivity index (χ4n) is 1.86. The molecule has 0 bridgehead atoms. The summed E-state index contributed by atoms with van der Waals surface area (Å²) in [6.45, 7) is -0.00164. The molecule has 100 valence electrons. The van der Waals surface area contributed by atoms with Crippen molar-refractivity contribution in [1.29, 1.82) is 0 Å². The lowest BCUT2D eigenvalue weighted by Gasteiger charge is -2.22. The van der Waals surface area contributed by atoms with Crippen LogP contribution < -0.4 is 5.32 Å². The molecule has 0 aromatic rings. The number of nitrogens with one attached hydrogen (secondary N) is 1. The molecule has 2 N–H and O–H groups in total. The summed E-state index contributed by atoms with van der Waals surface area (Å²) in [4.78, 5) is 11.3. The molecule has 7 heteroatoms. The lowest BCUT2D eigenvalue weighted by Crippen LogP contribution is -2.36. The van der Waals surface area contributed by atoms with Crippen molar-refractivity contribution < 1.29 is 22.5 Å². The van der Waals surface area contributed by atoms with Gasteiger partial charge in [0.25, 0.3) is 10.1 Å². The first-order valence-electron chi connectivity index (χ1n) is 5.86. The molecule has 0 spiro atoms. The van der Waals surface area contributed by atoms with Crippen molar-refractivity contribution >= 4 is 16.2 Å². The number of amides is 1. The summed E-state index contributed by atoms with van der Waals surface area (Å²) < 4.78 is 34.1. The van der Waals surface area contributed by atoms with Crippen molar-refractivity contribution in [2.75, 3.05) is 12.4 Å². The first kappa shape index (κ1) is 14.2. The van der Waals surface area contributed by atoms with Crippen LogP contribution >= 0.6 is 0 Å². The molecule has 1 fully saturated rings. The van der Waals surface area contributed by atoms with Gasteiger partial charge in [-0.2, -0.15) is 8.42 Å². The molecule has 1 amide bonds. The molecular weight excluding hydrogens is 246 g/mol. The molecule has 0 unspecified atom stereocenters. The summed E-state index contributed by atoms with van der Waals surface area (Å²) in [7, 11) is -3.96. The van der Waals surface area contributed by atoms with Crippen LogP contribution in [0.3, 0.4) is 0 Å². The zero-order chi connectivity index (χ0) is 12.7. The highest BCUT2D eigenvalue weighted by Gasteiger charge is 2.16. The van der Waals surface area contributed by atoms with Crippen LogP contribution in [0.1, 0.15) is 38.5 Å². The van der Waals surface area contributed by atoms with Crippen LogP contribution in [0.4, 0.5) is 4.79 Å². The molecule has 1 rings (SSSR count). The summed E-state index contributed by atoms with van der Waals surface area (Å²) in [5, 5.41) is 2.74. The van der Waals surface area contributed by atoms with Crippen LogP contribution in [0.2, 0.25) is 0 Å². The van der Waals surface area contributed by atoms with E-state index in [1.54, 1.807) is 0 Å². The summed E-state index contributed by atoms with van der Waals surface area (Å²) in [6, 6.07) is 0.179. The third-order valence-corrected chi connectivity index (χ3v) is 3.51. The Morgan fingerprint density at radius 2 is 1.94 bits per heavy atom. The van der Waals surface area contributed by atoms with Crippen molar-refractivity contribution in [3.8, 4) is 0 Å². The predicted molar refractivity (Wildman–Crippen MR) is 62.4 cm³/mol. The molecule has 1 aliphatic rings. The summed E-state index contributed by atoms with van der Waals surface area (Å²) in [5.74, 6) is -0.385. The molecule has 1 aliphatic carbocycles. The Hall–Kier alpha value is -0.820. The van der Waals surface area contributed by atoms with Gasteiger partial charge in [0, 0.05) is 6.04 Å². The van der Waals surface area contributed by atoms with Gasteiger partial charge in [-0.05, 0) is 19.3 Å². The molecule has 0 aromatic carbocycles. The molecule has 6 nitrogen and oxygen atoms in total. The number of ether oxygens (including phenoxy) is 1. The second-order valence-corrected chi connectivity index (χ2v) is 5.83. The monoisotopic (exact) mass is 265 g/mol. The van der Waals surface area contributed by atoms with Gasteiger partial charge >= 0.3 is 6.09 Å². The number of carbonyl (C=O) groups is 1. The van der Waals surface area contributed by atoms with Crippen LogP contribution in [-0.2, 0) is 14.9 Å². The van der Waals surface area contributed by atoms with Gasteiger partial charge in [-0.3, -0.25) is 4.55 Å². The van der Waals surface area contributed by atoms with E-state index >= 15 is 0 Å². The third-order valence-electron chi connectivity index (χ3n) is 2.71. The van der Waals surface area contributed by atoms with Gasteiger partial charge in [0.05, 0.1) is 12.4 Å². The maximum atomic E-state index is 11.3. The minimum Gasteiger partial charge on any atom is -0.450 e. The second-order valence-electron chi connectivity index (χ2n) is 4.25. The summed E-state index contributed by atoms with van der Waals surface area (Å²) >= 11 is 0. The van der Waals surface area contributed by atoms with E-state index in [4.69, 9.17) is 9.29 Å². The smallest absolute Gasteiger partial charge is 0.407 e. The Morgan fingerprint density at radius 1 is 1.29 bits per heavy atom. The van der Waals surface area contributed by atoms with Gasteiger partial charge in [0.2, 0.25) is 0 Å². The average Bonchev–Trinajstić information content (AvgIpc) is 2.25. The maximum absolute atomic E-state index is 11.3. The Bertz CT molecular complexity index is 335. The van der Waals surface area contributed by atoms with Gasteiger partial charge in [0.15, 0.2) is 0 Å². The Balaban J connectivity index is 2.08. The highest BCUT2D eigenvalue weighted by atomic mass is 32.2. The van der Waals surface area contributed by atoms with Crippen LogP contribution in [0, 0.1) is 0 Å². The third kappa shape index (κ3) is 7.17. The van der Waals surface area contributed by atoms with Gasteiger partial charge in [0.1, 0.15) is 0 Å². The van der Waals surface area contributed by atoms with Gasteiger partial charge < -0.3 is 10.1 Å². The Kier molecular flexibility index (Phi) is 5.70. The van der Waals surface area contributed by atoms with E-state index < -0.39 is 16.2 Å². The van der Waals surface area contributed by atoms with Crippen LogP contribution in [0.5, 0.6) is 0 Å². The molecule has 0 heterocycles. The average molecular weight is 265 g/mol. The van der Waals surface area contributed by atoms with Gasteiger partial charge in [-0.15, -0.1) is 0 Å². The van der Waals surface area contributed by atoms with E-state index in [0.717, 1.165) is 25.7 Å². The van der Waals surface area contributed by atoms with Crippen molar-refractivity contribution in [2.24, 2.45) is 0 Å². The normalized spacial score (nSPS) is 17.7. The number of hydrogen-bond donors (Lipinski definition) is 2. The summed E-state index contributed by atoms with van der Waals surface area (Å²) in [5.41, 5.74) is 0. The maximum Gasteiger partial charge on any atom is 0.407 e. The fourth-order valence-corrected chi connectivity index (χ4v) is 2.34. The molecule has 0 saturated heterocycles. The predicted octanol–water partition coefficient (Wildman–Crippen LogP) is 1.32. The van der Waals surface area contributed by atoms with Gasteiger partial charge in [-0.1, -0.05) is 19.3 Å². The molecule has 1 saturated carbocycles. The molecule has 0 atom stereocenters. The van der Waals surface area contributed by atoms with E-state index in [-0.39, 0.29) is 24.8 Å². The Labute approximate surface area is 101 Å². The minimum atomic E-state index is -3.96. The van der Waals surface area contributed by atoms with Gasteiger partial charge in [-0.25, -0.2) is 4.79 Å². The standard InChI is InChI=1S/C10H19NO5S/c12-10(11-9-5-2-1-3-6-9)16-7-4-8-17(13,14)15/h9H,1-8H2,(H,11,12)(H,13,14,15). The van der Waals surface area contributed by atoms with E-state index in [1.807, 2.05) is 0 Å². The quantitative estimate of drug-likeness (QED) is 0.577. The van der Waals surface area contributed by atoms with E-state index in [2.05, 4.69) is 5.32 Å². The zero-order valence-corrected chi connectivity index (χ0v) is 10.5. The number of alkyl carbamates (subject to hydrolysis) is 1. The van der Waals surface area contributed by atoms with Crippen LogP contribution in [0.15, 0.2) is 0 Å². The van der Waals surface area contributed by atoms with E-state index in [0.29, 0.717) is 0 Å². The lowest BCUT2D eigenvalue weighted by atomic mass is 9.96. The lowest BCUT2D eigenvalue weighted by molar-refractivity contribution is 0.139. The molecule has 0 aliphatic heterocycles. The first-order chi connectivity index (χ1) is 7.97. The van der Waals surface area contributed by atoms with Crippen LogP contribution in [-0.4, -0.2) is 37.5 Å².